The number of carbonyl (C=O) groups excluding carboxylic acids is 1. The van der Waals surface area contributed by atoms with Crippen molar-refractivity contribution in [2.75, 3.05) is 13.6 Å². The predicted octanol–water partition coefficient (Wildman–Crippen LogP) is -0.865. The van der Waals surface area contributed by atoms with Crippen LogP contribution in [0.2, 0.25) is 0 Å². The summed E-state index contributed by atoms with van der Waals surface area (Å²) in [5.74, 6) is 0.166. The number of amides is 1. The van der Waals surface area contributed by atoms with E-state index in [0.717, 1.165) is 18.7 Å². The van der Waals surface area contributed by atoms with E-state index in [0.29, 0.717) is 6.54 Å². The van der Waals surface area contributed by atoms with Gasteiger partial charge in [-0.2, -0.15) is 0 Å². The molecule has 1 aromatic rings. The van der Waals surface area contributed by atoms with Crippen LogP contribution in [-0.4, -0.2) is 45.4 Å². The average molecular weight is 209 g/mol. The summed E-state index contributed by atoms with van der Waals surface area (Å²) in [6.45, 7) is 1.43. The second kappa shape index (κ2) is 3.98. The van der Waals surface area contributed by atoms with Gasteiger partial charge in [0.15, 0.2) is 0 Å². The molecular formula is C9H15N5O. The number of rotatable bonds is 3. The number of nitrogens with one attached hydrogen (secondary N) is 1. The van der Waals surface area contributed by atoms with Crippen LogP contribution in [0.4, 0.5) is 0 Å². The molecule has 0 spiro atoms. The molecule has 0 aliphatic carbocycles. The predicted molar refractivity (Wildman–Crippen MR) is 53.9 cm³/mol. The number of carbonyl (C=O) groups is 1. The Morgan fingerprint density at radius 1 is 1.60 bits per heavy atom. The van der Waals surface area contributed by atoms with Crippen molar-refractivity contribution < 1.29 is 4.79 Å². The number of aryl methyl sites for hydroxylation is 1. The third-order valence-electron chi connectivity index (χ3n) is 2.61. The van der Waals surface area contributed by atoms with E-state index in [2.05, 4.69) is 15.6 Å². The number of likely N-dealkylation sites (N-methyl/N-ethyl adjacent to an activating group) is 1. The Kier molecular flexibility index (Phi) is 2.68. The first kappa shape index (κ1) is 10.1. The van der Waals surface area contributed by atoms with Gasteiger partial charge < -0.3 is 4.90 Å². The molecule has 6 nitrogen and oxygen atoms in total. The Bertz CT molecular complexity index is 361. The zero-order valence-corrected chi connectivity index (χ0v) is 8.97. The summed E-state index contributed by atoms with van der Waals surface area (Å²) in [7, 11) is 3.65. The van der Waals surface area contributed by atoms with Crippen molar-refractivity contribution in [3.05, 3.63) is 11.9 Å². The van der Waals surface area contributed by atoms with Gasteiger partial charge in [-0.15, -0.1) is 5.10 Å². The molecule has 82 valence electrons. The van der Waals surface area contributed by atoms with Crippen LogP contribution in [0.5, 0.6) is 0 Å². The van der Waals surface area contributed by atoms with Crippen molar-refractivity contribution in [1.29, 1.82) is 0 Å². The third kappa shape index (κ3) is 2.15. The van der Waals surface area contributed by atoms with E-state index in [9.17, 15) is 4.79 Å². The fourth-order valence-electron chi connectivity index (χ4n) is 1.72. The maximum absolute atomic E-state index is 11.6. The van der Waals surface area contributed by atoms with Gasteiger partial charge >= 0.3 is 0 Å². The van der Waals surface area contributed by atoms with Crippen LogP contribution in [0, 0.1) is 0 Å². The highest BCUT2D eigenvalue weighted by molar-refractivity contribution is 5.83. The zero-order valence-electron chi connectivity index (χ0n) is 8.97. The summed E-state index contributed by atoms with van der Waals surface area (Å²) in [5.41, 5.74) is 0.861. The van der Waals surface area contributed by atoms with Crippen LogP contribution in [0.3, 0.4) is 0 Å². The van der Waals surface area contributed by atoms with Crippen LogP contribution in [0.15, 0.2) is 6.20 Å². The third-order valence-corrected chi connectivity index (χ3v) is 2.61. The number of nitrogens with zero attached hydrogens (tertiary/aromatic N) is 4. The van der Waals surface area contributed by atoms with Gasteiger partial charge in [0.2, 0.25) is 5.91 Å². The molecule has 1 aliphatic rings. The molecule has 1 unspecified atom stereocenters. The summed E-state index contributed by atoms with van der Waals surface area (Å²) >= 11 is 0. The second-order valence-electron chi connectivity index (χ2n) is 3.87. The minimum absolute atomic E-state index is 0.0583. The Morgan fingerprint density at radius 3 is 2.93 bits per heavy atom. The molecule has 1 fully saturated rings. The topological polar surface area (TPSA) is 63.1 Å². The minimum atomic E-state index is -0.0583. The van der Waals surface area contributed by atoms with Crippen molar-refractivity contribution in [3.8, 4) is 0 Å². The molecule has 1 saturated heterocycles. The van der Waals surface area contributed by atoms with E-state index >= 15 is 0 Å². The SMILES string of the molecule is CN1CCC(NCc2cn(C)nn2)C1=O. The highest BCUT2D eigenvalue weighted by atomic mass is 16.2. The summed E-state index contributed by atoms with van der Waals surface area (Å²) in [5, 5.41) is 11.0. The van der Waals surface area contributed by atoms with E-state index < -0.39 is 0 Å². The van der Waals surface area contributed by atoms with Crippen LogP contribution < -0.4 is 5.32 Å². The molecule has 0 aromatic carbocycles. The fraction of sp³-hybridized carbons (Fsp3) is 0.667. The van der Waals surface area contributed by atoms with Gasteiger partial charge in [-0.25, -0.2) is 0 Å². The largest absolute Gasteiger partial charge is 0.344 e. The van der Waals surface area contributed by atoms with E-state index in [1.807, 2.05) is 20.3 Å². The Balaban J connectivity index is 1.86. The normalized spacial score (nSPS) is 21.3. The van der Waals surface area contributed by atoms with Crippen molar-refractivity contribution in [3.63, 3.8) is 0 Å². The van der Waals surface area contributed by atoms with Crippen molar-refractivity contribution >= 4 is 5.91 Å². The van der Waals surface area contributed by atoms with Crippen LogP contribution in [0.25, 0.3) is 0 Å². The van der Waals surface area contributed by atoms with Gasteiger partial charge in [-0.05, 0) is 6.42 Å². The first-order valence-electron chi connectivity index (χ1n) is 5.00. The van der Waals surface area contributed by atoms with Crippen molar-refractivity contribution in [1.82, 2.24) is 25.2 Å². The van der Waals surface area contributed by atoms with Gasteiger partial charge in [0.1, 0.15) is 0 Å². The Labute approximate surface area is 88.2 Å². The highest BCUT2D eigenvalue weighted by Gasteiger charge is 2.28. The minimum Gasteiger partial charge on any atom is -0.344 e. The first-order valence-corrected chi connectivity index (χ1v) is 5.00. The Hall–Kier alpha value is -1.43. The van der Waals surface area contributed by atoms with Gasteiger partial charge in [-0.1, -0.05) is 5.21 Å². The molecule has 1 aliphatic heterocycles. The van der Waals surface area contributed by atoms with Gasteiger partial charge in [0.25, 0.3) is 0 Å². The monoisotopic (exact) mass is 209 g/mol. The molecule has 1 aromatic heterocycles. The molecule has 1 amide bonds. The molecule has 1 atom stereocenters. The van der Waals surface area contributed by atoms with Crippen LogP contribution in [0.1, 0.15) is 12.1 Å². The fourth-order valence-corrected chi connectivity index (χ4v) is 1.72. The lowest BCUT2D eigenvalue weighted by Gasteiger charge is -2.10. The molecule has 6 heteroatoms. The van der Waals surface area contributed by atoms with E-state index in [1.54, 1.807) is 9.58 Å². The number of hydrogen-bond acceptors (Lipinski definition) is 4. The highest BCUT2D eigenvalue weighted by Crippen LogP contribution is 2.08. The molecule has 2 rings (SSSR count). The Morgan fingerprint density at radius 2 is 2.40 bits per heavy atom. The molecule has 0 saturated carbocycles. The maximum Gasteiger partial charge on any atom is 0.239 e. The average Bonchev–Trinajstić information content (AvgIpc) is 2.74. The molecular weight excluding hydrogens is 194 g/mol. The zero-order chi connectivity index (χ0) is 10.8. The number of aromatic nitrogens is 3. The summed E-state index contributed by atoms with van der Waals surface area (Å²) < 4.78 is 1.65. The summed E-state index contributed by atoms with van der Waals surface area (Å²) in [6, 6.07) is -0.0583. The van der Waals surface area contributed by atoms with Crippen LogP contribution in [-0.2, 0) is 18.4 Å². The maximum atomic E-state index is 11.6. The lowest BCUT2D eigenvalue weighted by molar-refractivity contribution is -0.128. The lowest BCUT2D eigenvalue weighted by atomic mass is 10.2. The smallest absolute Gasteiger partial charge is 0.239 e. The molecule has 2 heterocycles. The van der Waals surface area contributed by atoms with Crippen molar-refractivity contribution in [2.45, 2.75) is 19.0 Å². The first-order chi connectivity index (χ1) is 7.16. The van der Waals surface area contributed by atoms with Gasteiger partial charge in [-0.3, -0.25) is 14.8 Å². The standard InChI is InChI=1S/C9H15N5O/c1-13-4-3-8(9(13)15)10-5-7-6-14(2)12-11-7/h6,8,10H,3-5H2,1-2H3. The lowest BCUT2D eigenvalue weighted by Crippen LogP contribution is -2.36. The molecule has 15 heavy (non-hydrogen) atoms. The second-order valence-corrected chi connectivity index (χ2v) is 3.87. The van der Waals surface area contributed by atoms with Crippen molar-refractivity contribution in [2.24, 2.45) is 7.05 Å². The van der Waals surface area contributed by atoms with E-state index in [4.69, 9.17) is 0 Å². The number of likely N-dealkylation sites (tertiary alicyclic amines) is 1. The quantitative estimate of drug-likeness (QED) is 0.703. The summed E-state index contributed by atoms with van der Waals surface area (Å²) in [4.78, 5) is 13.3. The van der Waals surface area contributed by atoms with Crippen LogP contribution >= 0.6 is 0 Å². The van der Waals surface area contributed by atoms with E-state index in [-0.39, 0.29) is 11.9 Å². The van der Waals surface area contributed by atoms with E-state index in [1.165, 1.54) is 0 Å². The molecule has 1 N–H and O–H groups in total. The van der Waals surface area contributed by atoms with Gasteiger partial charge in [0.05, 0.1) is 11.7 Å². The number of hydrogen-bond donors (Lipinski definition) is 1. The molecule has 0 bridgehead atoms. The molecule has 0 radical (unpaired) electrons. The van der Waals surface area contributed by atoms with Gasteiger partial charge in [0, 0.05) is 33.4 Å². The summed E-state index contributed by atoms with van der Waals surface area (Å²) in [6.07, 6.45) is 2.71.